The normalized spacial score (nSPS) is 10.3. The van der Waals surface area contributed by atoms with Crippen molar-refractivity contribution in [2.45, 2.75) is 26.2 Å². The van der Waals surface area contributed by atoms with Crippen molar-refractivity contribution in [3.8, 4) is 5.75 Å². The van der Waals surface area contributed by atoms with Crippen LogP contribution in [-0.2, 0) is 16.0 Å². The SMILES string of the molecule is COc1ccc(CCCC(=O)C(=O)Nc2c(C)cccc2Cl)cc1. The summed E-state index contributed by atoms with van der Waals surface area (Å²) in [7, 11) is 1.62. The largest absolute Gasteiger partial charge is 0.497 e. The number of anilines is 1. The van der Waals surface area contributed by atoms with Crippen LogP contribution in [0.1, 0.15) is 24.0 Å². The number of halogens is 1. The molecular formula is C19H20ClNO3. The zero-order valence-corrected chi connectivity index (χ0v) is 14.5. The molecule has 0 aliphatic carbocycles. The van der Waals surface area contributed by atoms with Crippen molar-refractivity contribution >= 4 is 29.0 Å². The molecule has 0 fully saturated rings. The van der Waals surface area contributed by atoms with Gasteiger partial charge in [-0.2, -0.15) is 0 Å². The number of aryl methyl sites for hydroxylation is 2. The summed E-state index contributed by atoms with van der Waals surface area (Å²) in [6.07, 6.45) is 1.54. The van der Waals surface area contributed by atoms with E-state index in [2.05, 4.69) is 5.32 Å². The number of methoxy groups -OCH3 is 1. The minimum absolute atomic E-state index is 0.196. The van der Waals surface area contributed by atoms with E-state index in [9.17, 15) is 9.59 Å². The summed E-state index contributed by atoms with van der Waals surface area (Å²) in [5.74, 6) is -0.270. The lowest BCUT2D eigenvalue weighted by Gasteiger charge is -2.09. The summed E-state index contributed by atoms with van der Waals surface area (Å²) >= 11 is 6.05. The van der Waals surface area contributed by atoms with E-state index in [1.807, 2.05) is 37.3 Å². The van der Waals surface area contributed by atoms with Crippen LogP contribution in [0.15, 0.2) is 42.5 Å². The van der Waals surface area contributed by atoms with E-state index in [-0.39, 0.29) is 6.42 Å². The second-order valence-corrected chi connectivity index (χ2v) is 5.92. The number of rotatable bonds is 7. The van der Waals surface area contributed by atoms with Gasteiger partial charge in [0.25, 0.3) is 5.91 Å². The standard InChI is InChI=1S/C19H20ClNO3/c1-13-5-3-7-16(20)18(13)21-19(23)17(22)8-4-6-14-9-11-15(24-2)12-10-14/h3,5,7,9-12H,4,6,8H2,1-2H3,(H,21,23). The van der Waals surface area contributed by atoms with Gasteiger partial charge in [0.1, 0.15) is 5.75 Å². The second-order valence-electron chi connectivity index (χ2n) is 5.51. The molecule has 24 heavy (non-hydrogen) atoms. The third-order valence-electron chi connectivity index (χ3n) is 3.74. The lowest BCUT2D eigenvalue weighted by Crippen LogP contribution is -2.23. The van der Waals surface area contributed by atoms with Gasteiger partial charge in [-0.05, 0) is 49.1 Å². The maximum absolute atomic E-state index is 12.0. The zero-order chi connectivity index (χ0) is 17.5. The molecular weight excluding hydrogens is 326 g/mol. The highest BCUT2D eigenvalue weighted by Crippen LogP contribution is 2.25. The van der Waals surface area contributed by atoms with E-state index in [0.29, 0.717) is 17.1 Å². The Morgan fingerprint density at radius 3 is 2.46 bits per heavy atom. The highest BCUT2D eigenvalue weighted by molar-refractivity contribution is 6.42. The summed E-state index contributed by atoms with van der Waals surface area (Å²) in [5, 5.41) is 3.03. The number of ketones is 1. The zero-order valence-electron chi connectivity index (χ0n) is 13.8. The molecule has 5 heteroatoms. The minimum atomic E-state index is -0.624. The highest BCUT2D eigenvalue weighted by Gasteiger charge is 2.15. The molecule has 0 bridgehead atoms. The smallest absolute Gasteiger partial charge is 0.291 e. The summed E-state index contributed by atoms with van der Waals surface area (Å²) in [4.78, 5) is 24.0. The van der Waals surface area contributed by atoms with Gasteiger partial charge in [0.2, 0.25) is 5.78 Å². The average molecular weight is 346 g/mol. The van der Waals surface area contributed by atoms with Crippen molar-refractivity contribution in [3.05, 3.63) is 58.6 Å². The lowest BCUT2D eigenvalue weighted by molar-refractivity contribution is -0.134. The Kier molecular flexibility index (Phi) is 6.38. The van der Waals surface area contributed by atoms with Gasteiger partial charge in [0.05, 0.1) is 17.8 Å². The van der Waals surface area contributed by atoms with Crippen LogP contribution in [0.2, 0.25) is 5.02 Å². The molecule has 2 aromatic carbocycles. The predicted octanol–water partition coefficient (Wildman–Crippen LogP) is 4.19. The Bertz CT molecular complexity index is 706. The third-order valence-corrected chi connectivity index (χ3v) is 4.06. The average Bonchev–Trinajstić information content (AvgIpc) is 2.58. The molecule has 4 nitrogen and oxygen atoms in total. The van der Waals surface area contributed by atoms with Gasteiger partial charge < -0.3 is 10.1 Å². The Labute approximate surface area is 146 Å². The first-order valence-corrected chi connectivity index (χ1v) is 8.11. The minimum Gasteiger partial charge on any atom is -0.497 e. The van der Waals surface area contributed by atoms with Crippen LogP contribution < -0.4 is 10.1 Å². The number of carbonyl (C=O) groups excluding carboxylic acids is 2. The molecule has 2 rings (SSSR count). The molecule has 0 spiro atoms. The summed E-state index contributed by atoms with van der Waals surface area (Å²) < 4.78 is 5.10. The van der Waals surface area contributed by atoms with E-state index < -0.39 is 11.7 Å². The monoisotopic (exact) mass is 345 g/mol. The fourth-order valence-electron chi connectivity index (χ4n) is 2.33. The highest BCUT2D eigenvalue weighted by atomic mass is 35.5. The van der Waals surface area contributed by atoms with Crippen molar-refractivity contribution in [1.82, 2.24) is 0 Å². The molecule has 1 amide bonds. The molecule has 0 saturated carbocycles. The van der Waals surface area contributed by atoms with Gasteiger partial charge in [-0.3, -0.25) is 9.59 Å². The van der Waals surface area contributed by atoms with Gasteiger partial charge in [-0.1, -0.05) is 35.9 Å². The molecule has 0 heterocycles. The van der Waals surface area contributed by atoms with E-state index in [1.165, 1.54) is 0 Å². The van der Waals surface area contributed by atoms with Crippen molar-refractivity contribution in [2.75, 3.05) is 12.4 Å². The molecule has 0 aliphatic heterocycles. The van der Waals surface area contributed by atoms with Crippen LogP contribution in [0.3, 0.4) is 0 Å². The van der Waals surface area contributed by atoms with Crippen LogP contribution in [0, 0.1) is 6.92 Å². The van der Waals surface area contributed by atoms with Crippen molar-refractivity contribution in [3.63, 3.8) is 0 Å². The molecule has 0 radical (unpaired) electrons. The maximum Gasteiger partial charge on any atom is 0.291 e. The van der Waals surface area contributed by atoms with Crippen LogP contribution >= 0.6 is 11.6 Å². The summed E-state index contributed by atoms with van der Waals surface area (Å²) in [5.41, 5.74) is 2.42. The Balaban J connectivity index is 1.84. The quantitative estimate of drug-likeness (QED) is 0.765. The molecule has 126 valence electrons. The van der Waals surface area contributed by atoms with Gasteiger partial charge in [0, 0.05) is 6.42 Å². The molecule has 1 N–H and O–H groups in total. The topological polar surface area (TPSA) is 55.4 Å². The fourth-order valence-corrected chi connectivity index (χ4v) is 2.60. The first kappa shape index (κ1) is 18.0. The molecule has 0 saturated heterocycles. The number of benzene rings is 2. The number of hydrogen-bond acceptors (Lipinski definition) is 3. The molecule has 0 unspecified atom stereocenters. The molecule has 2 aromatic rings. The van der Waals surface area contributed by atoms with Gasteiger partial charge in [-0.25, -0.2) is 0 Å². The number of nitrogens with one attached hydrogen (secondary N) is 1. The summed E-state index contributed by atoms with van der Waals surface area (Å²) in [6, 6.07) is 13.0. The first-order chi connectivity index (χ1) is 11.5. The van der Waals surface area contributed by atoms with E-state index in [1.54, 1.807) is 19.2 Å². The summed E-state index contributed by atoms with van der Waals surface area (Å²) in [6.45, 7) is 1.83. The Morgan fingerprint density at radius 1 is 1.12 bits per heavy atom. The number of Topliss-reactive ketones (excluding diaryl/α,β-unsaturated/α-hetero) is 1. The second kappa shape index (κ2) is 8.50. The lowest BCUT2D eigenvalue weighted by atomic mass is 10.1. The third kappa shape index (κ3) is 4.83. The van der Waals surface area contributed by atoms with E-state index in [0.717, 1.165) is 23.3 Å². The van der Waals surface area contributed by atoms with E-state index in [4.69, 9.17) is 16.3 Å². The number of carbonyl (C=O) groups is 2. The van der Waals surface area contributed by atoms with Gasteiger partial charge >= 0.3 is 0 Å². The Hall–Kier alpha value is -2.33. The number of hydrogen-bond donors (Lipinski definition) is 1. The van der Waals surface area contributed by atoms with Crippen LogP contribution in [0.25, 0.3) is 0 Å². The van der Waals surface area contributed by atoms with Crippen LogP contribution in [0.4, 0.5) is 5.69 Å². The van der Waals surface area contributed by atoms with Gasteiger partial charge in [-0.15, -0.1) is 0 Å². The fraction of sp³-hybridized carbons (Fsp3) is 0.263. The number of ether oxygens (including phenoxy) is 1. The predicted molar refractivity (Wildman–Crippen MR) is 95.8 cm³/mol. The Morgan fingerprint density at radius 2 is 1.83 bits per heavy atom. The maximum atomic E-state index is 12.0. The van der Waals surface area contributed by atoms with E-state index >= 15 is 0 Å². The van der Waals surface area contributed by atoms with Crippen molar-refractivity contribution < 1.29 is 14.3 Å². The van der Waals surface area contributed by atoms with Crippen LogP contribution in [0.5, 0.6) is 5.75 Å². The van der Waals surface area contributed by atoms with Crippen LogP contribution in [-0.4, -0.2) is 18.8 Å². The number of amides is 1. The van der Waals surface area contributed by atoms with Crippen molar-refractivity contribution in [2.24, 2.45) is 0 Å². The van der Waals surface area contributed by atoms with Gasteiger partial charge in [0.15, 0.2) is 0 Å². The molecule has 0 aromatic heterocycles. The first-order valence-electron chi connectivity index (χ1n) is 7.73. The van der Waals surface area contributed by atoms with Crippen molar-refractivity contribution in [1.29, 1.82) is 0 Å². The number of para-hydroxylation sites is 1. The molecule has 0 atom stereocenters. The molecule has 0 aliphatic rings.